The van der Waals surface area contributed by atoms with Gasteiger partial charge in [0.05, 0.1) is 0 Å². The van der Waals surface area contributed by atoms with Crippen molar-refractivity contribution < 1.29 is 3.07 Å². The molecule has 17 heavy (non-hydrogen) atoms. The molecule has 0 saturated carbocycles. The van der Waals surface area contributed by atoms with Crippen LogP contribution >= 0.6 is 37.2 Å². The number of halogens is 2. The van der Waals surface area contributed by atoms with E-state index in [-0.39, 0.29) is 6.04 Å². The maximum atomic E-state index is 6.01. The number of rotatable bonds is 6. The first-order valence-corrected chi connectivity index (χ1v) is 22.1. The van der Waals surface area contributed by atoms with Gasteiger partial charge in [0, 0.05) is 0 Å². The first kappa shape index (κ1) is 16.3. The van der Waals surface area contributed by atoms with Gasteiger partial charge in [-0.05, 0) is 0 Å². The van der Waals surface area contributed by atoms with E-state index in [0.717, 1.165) is 12.4 Å². The molecule has 0 bridgehead atoms. The summed E-state index contributed by atoms with van der Waals surface area (Å²) in [7, 11) is 0. The number of hydrogen-bond donors (Lipinski definition) is 1. The molecule has 1 rings (SSSR count). The van der Waals surface area contributed by atoms with Crippen LogP contribution in [0.15, 0.2) is 24.3 Å². The molecule has 1 unspecified atom stereocenters. The van der Waals surface area contributed by atoms with Gasteiger partial charge < -0.3 is 0 Å². The Morgan fingerprint density at radius 3 is 2.65 bits per heavy atom. The average Bonchev–Trinajstić information content (AvgIpc) is 2.29. The van der Waals surface area contributed by atoms with Crippen LogP contribution in [-0.4, -0.2) is 33.0 Å². The number of hydrogen-bond acceptors (Lipinski definition) is 3. The normalized spacial score (nSPS) is 13.7. The fourth-order valence-electron chi connectivity index (χ4n) is 1.49. The van der Waals surface area contributed by atoms with Crippen LogP contribution in [0.4, 0.5) is 0 Å². The van der Waals surface area contributed by atoms with Crippen molar-refractivity contribution in [1.82, 2.24) is 0 Å². The minimum absolute atomic E-state index is 0.0292. The monoisotopic (exact) mass is 489 g/mol. The molecule has 0 saturated heterocycles. The molecule has 2 N–H and O–H groups in total. The van der Waals surface area contributed by atoms with Crippen LogP contribution in [0, 0.1) is 0 Å². The summed E-state index contributed by atoms with van der Waals surface area (Å²) < 4.78 is 7.25. The molecule has 1 atom stereocenters. The molecule has 6 heteroatoms. The van der Waals surface area contributed by atoms with Crippen molar-refractivity contribution in [3.63, 3.8) is 0 Å². The van der Waals surface area contributed by atoms with Gasteiger partial charge in [0.15, 0.2) is 0 Å². The summed E-state index contributed by atoms with van der Waals surface area (Å²) in [5, 5.41) is 0. The summed E-state index contributed by atoms with van der Waals surface area (Å²) in [5.74, 6) is 1.01. The van der Waals surface area contributed by atoms with Gasteiger partial charge in [0.1, 0.15) is 0 Å². The molecule has 96 valence electrons. The van der Waals surface area contributed by atoms with Crippen LogP contribution in [0.3, 0.4) is 0 Å². The Hall–Kier alpha value is 1.25. The zero-order chi connectivity index (χ0) is 12.9. The van der Waals surface area contributed by atoms with Gasteiger partial charge >= 0.3 is 125 Å². The Balaban J connectivity index is 2.89. The summed E-state index contributed by atoms with van der Waals surface area (Å²) in [5.41, 5.74) is 7.17. The van der Waals surface area contributed by atoms with Gasteiger partial charge in [-0.1, -0.05) is 0 Å². The first-order valence-electron chi connectivity index (χ1n) is 5.34. The molecule has 0 spiro atoms. The average molecular weight is 490 g/mol. The summed E-state index contributed by atoms with van der Waals surface area (Å²) in [6, 6.07) is 8.27. The van der Waals surface area contributed by atoms with Crippen molar-refractivity contribution in [2.45, 2.75) is 13.0 Å². The van der Waals surface area contributed by atoms with E-state index in [9.17, 15) is 0 Å². The van der Waals surface area contributed by atoms with Gasteiger partial charge in [-0.25, -0.2) is 0 Å². The van der Waals surface area contributed by atoms with Gasteiger partial charge in [0.25, 0.3) is 0 Å². The molecule has 0 fully saturated rings. The Kier molecular flexibility index (Phi) is 7.43. The summed E-state index contributed by atoms with van der Waals surface area (Å²) in [6.45, 7) is 2.77. The van der Waals surface area contributed by atoms with Gasteiger partial charge in [0.2, 0.25) is 0 Å². The standard InChI is InChI=1S/C8H10N.C3H7OS.2BrH.Sn/c1-7(9)8-5-3-2-4-6-8;1-5-3-2-4;;;/h2-5,7H,9H2,1H3;2-3H2,1H3;2*1H;/q;-1;;;+3/p-2. The molecule has 0 aliphatic rings. The Morgan fingerprint density at radius 1 is 1.41 bits per heavy atom. The molecule has 0 aliphatic heterocycles. The number of benzene rings is 1. The Bertz CT molecular complexity index is 363. The molecule has 0 aromatic heterocycles. The van der Waals surface area contributed by atoms with Crippen LogP contribution in [0.5, 0.6) is 0 Å². The topological polar surface area (TPSA) is 35.2 Å². The molecule has 0 aliphatic carbocycles. The van der Waals surface area contributed by atoms with Crippen molar-refractivity contribution in [2.24, 2.45) is 5.73 Å². The van der Waals surface area contributed by atoms with Crippen molar-refractivity contribution in [3.8, 4) is 0 Å². The summed E-state index contributed by atoms with van der Waals surface area (Å²) in [4.78, 5) is 0. The number of thioether (sulfide) groups is 1. The Labute approximate surface area is 124 Å². The van der Waals surface area contributed by atoms with E-state index in [1.807, 2.05) is 19.1 Å². The minimum atomic E-state index is -2.98. The predicted molar refractivity (Wildman–Crippen MR) is 86.6 cm³/mol. The summed E-state index contributed by atoms with van der Waals surface area (Å²) in [6.07, 6.45) is 2.08. The van der Waals surface area contributed by atoms with Gasteiger partial charge in [-0.3, -0.25) is 0 Å². The second-order valence-electron chi connectivity index (χ2n) is 3.73. The molecular weight excluding hydrogens is 473 g/mol. The van der Waals surface area contributed by atoms with Gasteiger partial charge in [-0.15, -0.1) is 0 Å². The number of nitrogens with two attached hydrogens (primary N) is 1. The van der Waals surface area contributed by atoms with E-state index in [1.54, 1.807) is 11.8 Å². The SMILES string of the molecule is CSCC[O][Sn]([Br])([Br])[c]1ccccc1C(C)N. The van der Waals surface area contributed by atoms with E-state index in [2.05, 4.69) is 43.8 Å². The quantitative estimate of drug-likeness (QED) is 0.493. The van der Waals surface area contributed by atoms with E-state index in [0.29, 0.717) is 0 Å². The molecule has 0 heterocycles. The fraction of sp³-hybridized carbons (Fsp3) is 0.455. The van der Waals surface area contributed by atoms with Crippen LogP contribution in [0.25, 0.3) is 0 Å². The Morgan fingerprint density at radius 2 is 2.06 bits per heavy atom. The van der Waals surface area contributed by atoms with Gasteiger partial charge in [-0.2, -0.15) is 0 Å². The van der Waals surface area contributed by atoms with Crippen LogP contribution in [0.1, 0.15) is 18.5 Å². The molecule has 0 amide bonds. The van der Waals surface area contributed by atoms with Crippen LogP contribution in [-0.2, 0) is 3.07 Å². The van der Waals surface area contributed by atoms with Crippen molar-refractivity contribution in [2.75, 3.05) is 18.6 Å². The zero-order valence-electron chi connectivity index (χ0n) is 9.95. The van der Waals surface area contributed by atoms with E-state index in [4.69, 9.17) is 8.81 Å². The van der Waals surface area contributed by atoms with Crippen molar-refractivity contribution in [1.29, 1.82) is 0 Å². The molecule has 2 nitrogen and oxygen atoms in total. The third-order valence-corrected chi connectivity index (χ3v) is 16.4. The fourth-order valence-corrected chi connectivity index (χ4v) is 13.3. The van der Waals surface area contributed by atoms with Crippen LogP contribution in [0.2, 0.25) is 0 Å². The van der Waals surface area contributed by atoms with E-state index >= 15 is 0 Å². The van der Waals surface area contributed by atoms with E-state index in [1.165, 1.54) is 9.14 Å². The third kappa shape index (κ3) is 5.03. The maximum absolute atomic E-state index is 6.01. The summed E-state index contributed by atoms with van der Waals surface area (Å²) >= 11 is 6.37. The first-order chi connectivity index (χ1) is 7.99. The second kappa shape index (κ2) is 7.74. The third-order valence-electron chi connectivity index (χ3n) is 2.34. The molecule has 0 radical (unpaired) electrons. The van der Waals surface area contributed by atoms with Crippen LogP contribution < -0.4 is 9.31 Å². The molecule has 1 aromatic carbocycles. The predicted octanol–water partition coefficient (Wildman–Crippen LogP) is 3.02. The second-order valence-corrected chi connectivity index (χ2v) is 32.2. The molecule has 1 aromatic rings. The molecular formula is C11H17Br2NOSSn. The van der Waals surface area contributed by atoms with Crippen molar-refractivity contribution in [3.05, 3.63) is 29.8 Å². The van der Waals surface area contributed by atoms with E-state index < -0.39 is 14.3 Å². The van der Waals surface area contributed by atoms with Crippen molar-refractivity contribution >= 4 is 55.1 Å². The zero-order valence-corrected chi connectivity index (χ0v) is 16.8.